The van der Waals surface area contributed by atoms with Crippen molar-refractivity contribution in [3.8, 4) is 5.19 Å². The Morgan fingerprint density at radius 1 is 1.32 bits per heavy atom. The smallest absolute Gasteiger partial charge is 0.294 e. The van der Waals surface area contributed by atoms with Gasteiger partial charge in [-0.15, -0.1) is 0 Å². The number of hydrogen-bond acceptors (Lipinski definition) is 6. The first-order valence-electron chi connectivity index (χ1n) is 6.54. The van der Waals surface area contributed by atoms with E-state index >= 15 is 0 Å². The largest absolute Gasteiger partial charge is 0.466 e. The second-order valence-electron chi connectivity index (χ2n) is 4.84. The highest BCUT2D eigenvalue weighted by Gasteiger charge is 2.17. The van der Waals surface area contributed by atoms with Crippen molar-refractivity contribution < 1.29 is 9.53 Å². The van der Waals surface area contributed by atoms with Gasteiger partial charge in [-0.2, -0.15) is 9.36 Å². The average molecular weight is 301 g/mol. The van der Waals surface area contributed by atoms with Crippen LogP contribution in [0.25, 0.3) is 0 Å². The van der Waals surface area contributed by atoms with Gasteiger partial charge in [-0.1, -0.05) is 12.8 Å². The van der Waals surface area contributed by atoms with Crippen LogP contribution in [0.3, 0.4) is 0 Å². The molecule has 1 aliphatic rings. The molecule has 5 nitrogen and oxygen atoms in total. The molecule has 0 aromatic carbocycles. The number of thioether (sulfide) groups is 1. The molecule has 0 N–H and O–H groups in total. The Bertz CT molecular complexity index is 415. The van der Waals surface area contributed by atoms with Crippen molar-refractivity contribution in [1.82, 2.24) is 14.3 Å². The lowest BCUT2D eigenvalue weighted by Gasteiger charge is -2.13. The summed E-state index contributed by atoms with van der Waals surface area (Å²) in [5, 5.41) is 0.993. The second kappa shape index (κ2) is 7.09. The van der Waals surface area contributed by atoms with E-state index in [1.807, 2.05) is 0 Å². The van der Waals surface area contributed by atoms with Gasteiger partial charge >= 0.3 is 0 Å². The highest BCUT2D eigenvalue weighted by Crippen LogP contribution is 2.27. The molecule has 1 amide bonds. The molecule has 1 aliphatic carbocycles. The third-order valence-corrected chi connectivity index (χ3v) is 4.63. The van der Waals surface area contributed by atoms with Crippen LogP contribution >= 0.6 is 23.3 Å². The van der Waals surface area contributed by atoms with Gasteiger partial charge in [0.1, 0.15) is 6.10 Å². The van der Waals surface area contributed by atoms with Gasteiger partial charge in [0.25, 0.3) is 10.4 Å². The molecule has 1 saturated carbocycles. The fourth-order valence-corrected chi connectivity index (χ4v) is 3.25. The number of hydrogen-bond donors (Lipinski definition) is 0. The Kier molecular flexibility index (Phi) is 5.45. The normalized spacial score (nSPS) is 16.9. The number of carbonyl (C=O) groups is 1. The first-order valence-corrected chi connectivity index (χ1v) is 8.13. The highest BCUT2D eigenvalue weighted by molar-refractivity contribution is 8.13. The summed E-state index contributed by atoms with van der Waals surface area (Å²) in [6.45, 7) is 0. The zero-order valence-electron chi connectivity index (χ0n) is 11.3. The number of carbonyl (C=O) groups excluding carboxylic acids is 1. The van der Waals surface area contributed by atoms with E-state index in [-0.39, 0.29) is 11.3 Å². The van der Waals surface area contributed by atoms with E-state index in [0.29, 0.717) is 10.4 Å². The fraction of sp³-hybridized carbons (Fsp3) is 0.750. The van der Waals surface area contributed by atoms with E-state index in [1.165, 1.54) is 42.1 Å². The molecule has 0 radical (unpaired) electrons. The maximum absolute atomic E-state index is 11.5. The van der Waals surface area contributed by atoms with Crippen LogP contribution in [0.15, 0.2) is 5.16 Å². The Morgan fingerprint density at radius 3 is 2.63 bits per heavy atom. The summed E-state index contributed by atoms with van der Waals surface area (Å²) in [6, 6.07) is 0. The summed E-state index contributed by atoms with van der Waals surface area (Å²) < 4.78 is 10.0. The molecule has 0 unspecified atom stereocenters. The molecule has 106 valence electrons. The second-order valence-corrected chi connectivity index (χ2v) is 6.47. The molecule has 1 aromatic rings. The monoisotopic (exact) mass is 301 g/mol. The minimum atomic E-state index is -0.0705. The zero-order valence-corrected chi connectivity index (χ0v) is 12.9. The summed E-state index contributed by atoms with van der Waals surface area (Å²) in [5.41, 5.74) is 0. The van der Waals surface area contributed by atoms with Crippen molar-refractivity contribution in [3.63, 3.8) is 0 Å². The van der Waals surface area contributed by atoms with Gasteiger partial charge in [0.15, 0.2) is 0 Å². The molecule has 2 rings (SSSR count). The van der Waals surface area contributed by atoms with Crippen LogP contribution in [0, 0.1) is 0 Å². The van der Waals surface area contributed by atoms with Crippen LogP contribution in [0.4, 0.5) is 4.79 Å². The SMILES string of the molecule is CN(C)C(=O)Sc1nsc(OC2CCCCCC2)n1. The number of nitrogens with zero attached hydrogens (tertiary/aromatic N) is 3. The van der Waals surface area contributed by atoms with Gasteiger partial charge in [0, 0.05) is 37.4 Å². The van der Waals surface area contributed by atoms with E-state index in [0.717, 1.165) is 24.6 Å². The lowest BCUT2D eigenvalue weighted by atomic mass is 10.2. The van der Waals surface area contributed by atoms with Crippen LogP contribution in [0.2, 0.25) is 0 Å². The molecular formula is C12H19N3O2S2. The third kappa shape index (κ3) is 4.65. The molecule has 0 aliphatic heterocycles. The Labute approximate surface area is 121 Å². The Hall–Kier alpha value is -0.820. The molecule has 0 atom stereocenters. The maximum atomic E-state index is 11.5. The molecule has 1 fully saturated rings. The predicted octanol–water partition coefficient (Wildman–Crippen LogP) is 3.41. The average Bonchev–Trinajstić information content (AvgIpc) is 2.64. The summed E-state index contributed by atoms with van der Waals surface area (Å²) in [4.78, 5) is 17.3. The lowest BCUT2D eigenvalue weighted by Crippen LogP contribution is -2.16. The maximum Gasteiger partial charge on any atom is 0.294 e. The van der Waals surface area contributed by atoms with Crippen LogP contribution < -0.4 is 4.74 Å². The van der Waals surface area contributed by atoms with Gasteiger partial charge in [-0.3, -0.25) is 4.79 Å². The minimum Gasteiger partial charge on any atom is -0.466 e. The lowest BCUT2D eigenvalue weighted by molar-refractivity contribution is 0.182. The molecule has 1 heterocycles. The number of amides is 1. The van der Waals surface area contributed by atoms with Crippen molar-refractivity contribution >= 4 is 28.5 Å². The highest BCUT2D eigenvalue weighted by atomic mass is 32.2. The van der Waals surface area contributed by atoms with E-state index in [9.17, 15) is 4.79 Å². The van der Waals surface area contributed by atoms with Gasteiger partial charge in [-0.25, -0.2) is 0 Å². The molecule has 1 aromatic heterocycles. The summed E-state index contributed by atoms with van der Waals surface area (Å²) in [5.74, 6) is 0. The number of ether oxygens (including phenoxy) is 1. The summed E-state index contributed by atoms with van der Waals surface area (Å²) in [6.07, 6.45) is 7.51. The number of rotatable bonds is 3. The van der Waals surface area contributed by atoms with Gasteiger partial charge in [0.05, 0.1) is 0 Å². The van der Waals surface area contributed by atoms with Crippen molar-refractivity contribution in [1.29, 1.82) is 0 Å². The topological polar surface area (TPSA) is 55.3 Å². The quantitative estimate of drug-likeness (QED) is 0.632. The molecule has 0 spiro atoms. The van der Waals surface area contributed by atoms with Gasteiger partial charge in [0.2, 0.25) is 5.16 Å². The van der Waals surface area contributed by atoms with Crippen LogP contribution in [0.1, 0.15) is 38.5 Å². The predicted molar refractivity (Wildman–Crippen MR) is 77.0 cm³/mol. The van der Waals surface area contributed by atoms with E-state index in [2.05, 4.69) is 9.36 Å². The fourth-order valence-electron chi connectivity index (χ4n) is 1.96. The standard InChI is InChI=1S/C12H19N3O2S2/c1-15(2)12(16)18-10-13-11(19-14-10)17-9-7-5-3-4-6-8-9/h9H,3-8H2,1-2H3. The summed E-state index contributed by atoms with van der Waals surface area (Å²) >= 11 is 2.26. The van der Waals surface area contributed by atoms with Crippen molar-refractivity contribution in [3.05, 3.63) is 0 Å². The van der Waals surface area contributed by atoms with Gasteiger partial charge < -0.3 is 9.64 Å². The summed E-state index contributed by atoms with van der Waals surface area (Å²) in [7, 11) is 3.43. The zero-order chi connectivity index (χ0) is 13.7. The van der Waals surface area contributed by atoms with E-state index < -0.39 is 0 Å². The van der Waals surface area contributed by atoms with E-state index in [4.69, 9.17) is 4.74 Å². The Morgan fingerprint density at radius 2 is 2.00 bits per heavy atom. The van der Waals surface area contributed by atoms with Crippen molar-refractivity contribution in [2.75, 3.05) is 14.1 Å². The van der Waals surface area contributed by atoms with E-state index in [1.54, 1.807) is 14.1 Å². The van der Waals surface area contributed by atoms with Crippen LogP contribution in [-0.4, -0.2) is 39.7 Å². The first-order chi connectivity index (χ1) is 9.15. The molecular weight excluding hydrogens is 282 g/mol. The van der Waals surface area contributed by atoms with Crippen LogP contribution in [-0.2, 0) is 0 Å². The molecule has 0 saturated heterocycles. The van der Waals surface area contributed by atoms with Crippen molar-refractivity contribution in [2.45, 2.75) is 49.8 Å². The minimum absolute atomic E-state index is 0.0705. The Balaban J connectivity index is 1.87. The number of aromatic nitrogens is 2. The molecule has 0 bridgehead atoms. The first kappa shape index (κ1) is 14.6. The van der Waals surface area contributed by atoms with Gasteiger partial charge in [-0.05, 0) is 25.7 Å². The third-order valence-electron chi connectivity index (χ3n) is 3.00. The van der Waals surface area contributed by atoms with Crippen LogP contribution in [0.5, 0.6) is 5.19 Å². The molecule has 7 heteroatoms. The van der Waals surface area contributed by atoms with Crippen molar-refractivity contribution in [2.24, 2.45) is 0 Å². The molecule has 19 heavy (non-hydrogen) atoms.